The van der Waals surface area contributed by atoms with Gasteiger partial charge < -0.3 is 10.0 Å². The third-order valence-electron chi connectivity index (χ3n) is 3.78. The standard InChI is InChI=1S/C15H22BrNO/c1-3-4-12-7-8-17(10-12)15-6-5-13(11(2)18)9-14(15)16/h5-6,9,11-12,18H,3-4,7-8,10H2,1-2H3. The van der Waals surface area contributed by atoms with E-state index in [1.54, 1.807) is 6.92 Å². The zero-order valence-electron chi connectivity index (χ0n) is 11.2. The lowest BCUT2D eigenvalue weighted by molar-refractivity contribution is 0.199. The molecule has 18 heavy (non-hydrogen) atoms. The molecule has 1 heterocycles. The van der Waals surface area contributed by atoms with Crippen LogP contribution in [-0.4, -0.2) is 18.2 Å². The number of nitrogens with zero attached hydrogens (tertiary/aromatic N) is 1. The molecule has 3 heteroatoms. The Bertz CT molecular complexity index is 405. The number of rotatable bonds is 4. The van der Waals surface area contributed by atoms with Crippen molar-refractivity contribution in [2.45, 2.75) is 39.2 Å². The van der Waals surface area contributed by atoms with E-state index in [1.807, 2.05) is 12.1 Å². The van der Waals surface area contributed by atoms with Gasteiger partial charge in [-0.05, 0) is 59.3 Å². The average molecular weight is 312 g/mol. The van der Waals surface area contributed by atoms with E-state index in [2.05, 4.69) is 33.8 Å². The zero-order valence-corrected chi connectivity index (χ0v) is 12.8. The van der Waals surface area contributed by atoms with Crippen molar-refractivity contribution < 1.29 is 5.11 Å². The lowest BCUT2D eigenvalue weighted by atomic mass is 10.0. The van der Waals surface area contributed by atoms with Gasteiger partial charge in [-0.2, -0.15) is 0 Å². The Kier molecular flexibility index (Phi) is 4.68. The van der Waals surface area contributed by atoms with Gasteiger partial charge in [0.1, 0.15) is 0 Å². The van der Waals surface area contributed by atoms with Crippen LogP contribution in [0.2, 0.25) is 0 Å². The molecular formula is C15H22BrNO. The van der Waals surface area contributed by atoms with Crippen LogP contribution < -0.4 is 4.90 Å². The normalized spacial score (nSPS) is 21.3. The second kappa shape index (κ2) is 6.07. The minimum absolute atomic E-state index is 0.401. The molecule has 0 amide bonds. The first kappa shape index (κ1) is 13.9. The minimum atomic E-state index is -0.401. The summed E-state index contributed by atoms with van der Waals surface area (Å²) in [6.07, 6.45) is 3.51. The first-order chi connectivity index (χ1) is 8.61. The van der Waals surface area contributed by atoms with Crippen molar-refractivity contribution in [3.8, 4) is 0 Å². The van der Waals surface area contributed by atoms with E-state index in [4.69, 9.17) is 0 Å². The Hall–Kier alpha value is -0.540. The highest BCUT2D eigenvalue weighted by atomic mass is 79.9. The fourth-order valence-electron chi connectivity index (χ4n) is 2.73. The summed E-state index contributed by atoms with van der Waals surface area (Å²) in [5, 5.41) is 9.58. The second-order valence-electron chi connectivity index (χ2n) is 5.28. The predicted octanol–water partition coefficient (Wildman–Crippen LogP) is 4.13. The first-order valence-electron chi connectivity index (χ1n) is 6.84. The van der Waals surface area contributed by atoms with Gasteiger partial charge in [0.2, 0.25) is 0 Å². The Labute approximate surface area is 118 Å². The smallest absolute Gasteiger partial charge is 0.0762 e. The van der Waals surface area contributed by atoms with Gasteiger partial charge in [0, 0.05) is 17.6 Å². The van der Waals surface area contributed by atoms with Crippen LogP contribution >= 0.6 is 15.9 Å². The minimum Gasteiger partial charge on any atom is -0.389 e. The van der Waals surface area contributed by atoms with Crippen LogP contribution in [0.1, 0.15) is 44.8 Å². The molecule has 1 aliphatic heterocycles. The Balaban J connectivity index is 2.10. The van der Waals surface area contributed by atoms with Crippen molar-refractivity contribution in [3.63, 3.8) is 0 Å². The molecule has 1 fully saturated rings. The number of halogens is 1. The molecule has 2 unspecified atom stereocenters. The summed E-state index contributed by atoms with van der Waals surface area (Å²) in [6.45, 7) is 6.38. The van der Waals surface area contributed by atoms with Crippen LogP contribution in [0.4, 0.5) is 5.69 Å². The van der Waals surface area contributed by atoms with Crippen molar-refractivity contribution >= 4 is 21.6 Å². The molecule has 100 valence electrons. The zero-order chi connectivity index (χ0) is 13.1. The maximum atomic E-state index is 9.58. The van der Waals surface area contributed by atoms with Crippen LogP contribution in [0, 0.1) is 5.92 Å². The maximum absolute atomic E-state index is 9.58. The molecule has 0 aromatic heterocycles. The molecule has 2 atom stereocenters. The number of anilines is 1. The lowest BCUT2D eigenvalue weighted by Crippen LogP contribution is -2.20. The molecule has 1 saturated heterocycles. The van der Waals surface area contributed by atoms with E-state index in [9.17, 15) is 5.11 Å². The fourth-order valence-corrected chi connectivity index (χ4v) is 3.38. The van der Waals surface area contributed by atoms with Gasteiger partial charge in [-0.15, -0.1) is 0 Å². The third kappa shape index (κ3) is 3.07. The quantitative estimate of drug-likeness (QED) is 0.903. The van der Waals surface area contributed by atoms with Gasteiger partial charge >= 0.3 is 0 Å². The summed E-state index contributed by atoms with van der Waals surface area (Å²) in [6, 6.07) is 6.19. The van der Waals surface area contributed by atoms with Gasteiger partial charge in [0.15, 0.2) is 0 Å². The molecule has 0 radical (unpaired) electrons. The Morgan fingerprint density at radius 2 is 2.28 bits per heavy atom. The van der Waals surface area contributed by atoms with Crippen molar-refractivity contribution in [1.29, 1.82) is 0 Å². The third-order valence-corrected chi connectivity index (χ3v) is 4.41. The van der Waals surface area contributed by atoms with E-state index in [-0.39, 0.29) is 0 Å². The largest absolute Gasteiger partial charge is 0.389 e. The summed E-state index contributed by atoms with van der Waals surface area (Å²) < 4.78 is 1.10. The van der Waals surface area contributed by atoms with E-state index in [0.717, 1.165) is 22.5 Å². The number of aliphatic hydroxyl groups is 1. The average Bonchev–Trinajstić information content (AvgIpc) is 2.77. The molecule has 0 aliphatic carbocycles. The van der Waals surface area contributed by atoms with Crippen LogP contribution in [-0.2, 0) is 0 Å². The maximum Gasteiger partial charge on any atom is 0.0762 e. The highest BCUT2D eigenvalue weighted by Gasteiger charge is 2.23. The monoisotopic (exact) mass is 311 g/mol. The lowest BCUT2D eigenvalue weighted by Gasteiger charge is -2.21. The molecule has 0 saturated carbocycles. The topological polar surface area (TPSA) is 23.5 Å². The number of hydrogen-bond acceptors (Lipinski definition) is 2. The van der Waals surface area contributed by atoms with Crippen molar-refractivity contribution in [1.82, 2.24) is 0 Å². The summed E-state index contributed by atoms with van der Waals surface area (Å²) in [5.74, 6) is 0.846. The summed E-state index contributed by atoms with van der Waals surface area (Å²) >= 11 is 3.63. The molecule has 0 bridgehead atoms. The summed E-state index contributed by atoms with van der Waals surface area (Å²) in [5.41, 5.74) is 2.23. The van der Waals surface area contributed by atoms with E-state index in [0.29, 0.717) is 0 Å². The summed E-state index contributed by atoms with van der Waals surface area (Å²) in [7, 11) is 0. The molecule has 0 spiro atoms. The Morgan fingerprint density at radius 1 is 1.50 bits per heavy atom. The van der Waals surface area contributed by atoms with Crippen LogP contribution in [0.15, 0.2) is 22.7 Å². The fraction of sp³-hybridized carbons (Fsp3) is 0.600. The summed E-state index contributed by atoms with van der Waals surface area (Å²) in [4.78, 5) is 2.45. The van der Waals surface area contributed by atoms with Gasteiger partial charge in [-0.3, -0.25) is 0 Å². The molecule has 2 rings (SSSR count). The van der Waals surface area contributed by atoms with E-state index < -0.39 is 6.10 Å². The van der Waals surface area contributed by atoms with Gasteiger partial charge in [-0.25, -0.2) is 0 Å². The Morgan fingerprint density at radius 3 is 2.89 bits per heavy atom. The molecule has 2 nitrogen and oxygen atoms in total. The van der Waals surface area contributed by atoms with Crippen LogP contribution in [0.3, 0.4) is 0 Å². The number of benzene rings is 1. The van der Waals surface area contributed by atoms with Crippen molar-refractivity contribution in [2.24, 2.45) is 5.92 Å². The van der Waals surface area contributed by atoms with E-state index in [1.165, 1.54) is 31.5 Å². The van der Waals surface area contributed by atoms with Gasteiger partial charge in [-0.1, -0.05) is 19.4 Å². The van der Waals surface area contributed by atoms with Crippen LogP contribution in [0.5, 0.6) is 0 Å². The SMILES string of the molecule is CCCC1CCN(c2ccc(C(C)O)cc2Br)C1. The van der Waals surface area contributed by atoms with Crippen molar-refractivity contribution in [2.75, 3.05) is 18.0 Å². The van der Waals surface area contributed by atoms with Crippen molar-refractivity contribution in [3.05, 3.63) is 28.2 Å². The van der Waals surface area contributed by atoms with Gasteiger partial charge in [0.25, 0.3) is 0 Å². The predicted molar refractivity (Wildman–Crippen MR) is 80.0 cm³/mol. The van der Waals surface area contributed by atoms with E-state index >= 15 is 0 Å². The van der Waals surface area contributed by atoms with Crippen LogP contribution in [0.25, 0.3) is 0 Å². The number of hydrogen-bond donors (Lipinski definition) is 1. The highest BCUT2D eigenvalue weighted by molar-refractivity contribution is 9.10. The first-order valence-corrected chi connectivity index (χ1v) is 7.63. The molecule has 1 aliphatic rings. The molecular weight excluding hydrogens is 290 g/mol. The second-order valence-corrected chi connectivity index (χ2v) is 6.13. The molecule has 1 aromatic rings. The molecule has 1 aromatic carbocycles. The molecule has 1 N–H and O–H groups in total. The highest BCUT2D eigenvalue weighted by Crippen LogP contribution is 2.33. The van der Waals surface area contributed by atoms with Gasteiger partial charge in [0.05, 0.1) is 11.8 Å². The number of aliphatic hydroxyl groups excluding tert-OH is 1.